The van der Waals surface area contributed by atoms with Crippen LogP contribution in [-0.2, 0) is 0 Å². The summed E-state index contributed by atoms with van der Waals surface area (Å²) in [6.45, 7) is 0. The van der Waals surface area contributed by atoms with E-state index in [-0.39, 0.29) is 5.56 Å². The van der Waals surface area contributed by atoms with Gasteiger partial charge in [0.2, 0.25) is 0 Å². The zero-order chi connectivity index (χ0) is 13.1. The van der Waals surface area contributed by atoms with Crippen LogP contribution in [0.25, 0.3) is 11.1 Å². The highest BCUT2D eigenvalue weighted by atomic mass is 79.9. The number of carbonyl (C=O) groups is 1. The first-order valence-electron chi connectivity index (χ1n) is 5.00. The second-order valence-electron chi connectivity index (χ2n) is 3.57. The highest BCUT2D eigenvalue weighted by Crippen LogP contribution is 2.26. The maximum atomic E-state index is 11.2. The lowest BCUT2D eigenvalue weighted by Crippen LogP contribution is -2.00. The van der Waals surface area contributed by atoms with E-state index in [0.717, 1.165) is 0 Å². The summed E-state index contributed by atoms with van der Waals surface area (Å²) in [4.78, 5) is 15.1. The summed E-state index contributed by atoms with van der Waals surface area (Å²) >= 11 is 3.23. The number of carboxylic acid groups (broad SMARTS) is 1. The number of carboxylic acids is 1. The van der Waals surface area contributed by atoms with Crippen molar-refractivity contribution in [2.75, 3.05) is 0 Å². The molecule has 1 heterocycles. The molecule has 1 aromatic carbocycles. The third-order valence-corrected chi connectivity index (χ3v) is 2.88. The SMILES string of the molecule is N#Cc1cncc(-c2ccc(Br)cc2C(=O)O)c1. The fourth-order valence-electron chi connectivity index (χ4n) is 1.59. The van der Waals surface area contributed by atoms with Crippen LogP contribution < -0.4 is 0 Å². The molecule has 5 heteroatoms. The van der Waals surface area contributed by atoms with Gasteiger partial charge >= 0.3 is 5.97 Å². The van der Waals surface area contributed by atoms with Crippen LogP contribution in [0.5, 0.6) is 0 Å². The predicted octanol–water partition coefficient (Wildman–Crippen LogP) is 3.08. The van der Waals surface area contributed by atoms with Gasteiger partial charge in [-0.15, -0.1) is 0 Å². The van der Waals surface area contributed by atoms with Gasteiger partial charge in [-0.05, 0) is 23.8 Å². The Kier molecular flexibility index (Phi) is 3.40. The van der Waals surface area contributed by atoms with E-state index in [0.29, 0.717) is 21.2 Å². The lowest BCUT2D eigenvalue weighted by molar-refractivity contribution is 0.0697. The maximum absolute atomic E-state index is 11.2. The standard InChI is InChI=1S/C13H7BrN2O2/c14-10-1-2-11(12(4-10)13(17)18)9-3-8(5-15)6-16-7-9/h1-4,6-7H,(H,17,18). The van der Waals surface area contributed by atoms with Crippen molar-refractivity contribution in [3.05, 3.63) is 52.3 Å². The number of halogens is 1. The number of rotatable bonds is 2. The van der Waals surface area contributed by atoms with Gasteiger partial charge in [0.15, 0.2) is 0 Å². The smallest absolute Gasteiger partial charge is 0.336 e. The Morgan fingerprint density at radius 3 is 2.78 bits per heavy atom. The average molecular weight is 303 g/mol. The molecule has 0 amide bonds. The number of nitriles is 1. The molecule has 0 radical (unpaired) electrons. The summed E-state index contributed by atoms with van der Waals surface area (Å²) < 4.78 is 0.688. The Morgan fingerprint density at radius 2 is 2.11 bits per heavy atom. The lowest BCUT2D eigenvalue weighted by Gasteiger charge is -2.06. The highest BCUT2D eigenvalue weighted by Gasteiger charge is 2.12. The summed E-state index contributed by atoms with van der Waals surface area (Å²) in [6, 6.07) is 8.55. The minimum atomic E-state index is -1.02. The van der Waals surface area contributed by atoms with Crippen LogP contribution in [0.15, 0.2) is 41.1 Å². The van der Waals surface area contributed by atoms with Crippen molar-refractivity contribution in [2.24, 2.45) is 0 Å². The second kappa shape index (κ2) is 4.98. The van der Waals surface area contributed by atoms with Gasteiger partial charge in [0.05, 0.1) is 11.1 Å². The van der Waals surface area contributed by atoms with Crippen molar-refractivity contribution in [2.45, 2.75) is 0 Å². The average Bonchev–Trinajstić information content (AvgIpc) is 2.38. The minimum Gasteiger partial charge on any atom is -0.478 e. The fourth-order valence-corrected chi connectivity index (χ4v) is 1.95. The van der Waals surface area contributed by atoms with Crippen LogP contribution in [0.2, 0.25) is 0 Å². The van der Waals surface area contributed by atoms with Crippen LogP contribution in [0.4, 0.5) is 0 Å². The van der Waals surface area contributed by atoms with Gasteiger partial charge in [-0.2, -0.15) is 5.26 Å². The molecule has 2 aromatic rings. The summed E-state index contributed by atoms with van der Waals surface area (Å²) in [7, 11) is 0. The van der Waals surface area contributed by atoms with E-state index >= 15 is 0 Å². The molecule has 4 nitrogen and oxygen atoms in total. The van der Waals surface area contributed by atoms with Gasteiger partial charge in [-0.1, -0.05) is 22.0 Å². The molecule has 0 atom stereocenters. The first-order valence-corrected chi connectivity index (χ1v) is 5.79. The van der Waals surface area contributed by atoms with E-state index in [9.17, 15) is 9.90 Å². The number of aromatic nitrogens is 1. The molecule has 0 aliphatic carbocycles. The molecule has 0 saturated heterocycles. The summed E-state index contributed by atoms with van der Waals surface area (Å²) in [5, 5.41) is 18.0. The Morgan fingerprint density at radius 1 is 1.33 bits per heavy atom. The molecule has 0 saturated carbocycles. The molecule has 88 valence electrons. The highest BCUT2D eigenvalue weighted by molar-refractivity contribution is 9.10. The van der Waals surface area contributed by atoms with Gasteiger partial charge in [0, 0.05) is 22.4 Å². The molecule has 0 aliphatic rings. The van der Waals surface area contributed by atoms with Crippen molar-refractivity contribution in [3.8, 4) is 17.2 Å². The third-order valence-electron chi connectivity index (χ3n) is 2.39. The molecule has 18 heavy (non-hydrogen) atoms. The minimum absolute atomic E-state index is 0.168. The molecule has 1 aromatic heterocycles. The van der Waals surface area contributed by atoms with E-state index in [1.54, 1.807) is 18.2 Å². The normalized spacial score (nSPS) is 9.78. The van der Waals surface area contributed by atoms with Crippen LogP contribution in [-0.4, -0.2) is 16.1 Å². The van der Waals surface area contributed by atoms with Crippen molar-refractivity contribution in [1.82, 2.24) is 4.98 Å². The third kappa shape index (κ3) is 2.39. The molecule has 0 bridgehead atoms. The molecule has 1 N–H and O–H groups in total. The van der Waals surface area contributed by atoms with Gasteiger partial charge in [-0.3, -0.25) is 4.98 Å². The van der Waals surface area contributed by atoms with Crippen LogP contribution >= 0.6 is 15.9 Å². The molecule has 0 aliphatic heterocycles. The summed E-state index contributed by atoms with van der Waals surface area (Å²) in [6.07, 6.45) is 2.97. The van der Waals surface area contributed by atoms with Crippen molar-refractivity contribution in [1.29, 1.82) is 5.26 Å². The maximum Gasteiger partial charge on any atom is 0.336 e. The Labute approximate surface area is 112 Å². The number of hydrogen-bond acceptors (Lipinski definition) is 3. The Hall–Kier alpha value is -2.19. The number of hydrogen-bond donors (Lipinski definition) is 1. The quantitative estimate of drug-likeness (QED) is 0.925. The predicted molar refractivity (Wildman–Crippen MR) is 69.0 cm³/mol. The summed E-state index contributed by atoms with van der Waals surface area (Å²) in [5.41, 5.74) is 1.71. The first-order chi connectivity index (χ1) is 8.61. The van der Waals surface area contributed by atoms with Crippen molar-refractivity contribution >= 4 is 21.9 Å². The monoisotopic (exact) mass is 302 g/mol. The topological polar surface area (TPSA) is 74.0 Å². The first kappa shape index (κ1) is 12.3. The van der Waals surface area contributed by atoms with Crippen molar-refractivity contribution in [3.63, 3.8) is 0 Å². The van der Waals surface area contributed by atoms with Crippen molar-refractivity contribution < 1.29 is 9.90 Å². The van der Waals surface area contributed by atoms with Gasteiger partial charge in [-0.25, -0.2) is 4.79 Å². The van der Waals surface area contributed by atoms with Gasteiger partial charge in [0.1, 0.15) is 6.07 Å². The fraction of sp³-hybridized carbons (Fsp3) is 0. The van der Waals surface area contributed by atoms with Gasteiger partial charge < -0.3 is 5.11 Å². The summed E-state index contributed by atoms with van der Waals surface area (Å²) in [5.74, 6) is -1.02. The zero-order valence-electron chi connectivity index (χ0n) is 9.09. The molecular weight excluding hydrogens is 296 g/mol. The van der Waals surface area contributed by atoms with Crippen LogP contribution in [0.3, 0.4) is 0 Å². The van der Waals surface area contributed by atoms with E-state index in [1.807, 2.05) is 6.07 Å². The Bertz CT molecular complexity index is 662. The van der Waals surface area contributed by atoms with E-state index in [2.05, 4.69) is 20.9 Å². The molecule has 0 unspecified atom stereocenters. The number of benzene rings is 1. The van der Waals surface area contributed by atoms with E-state index in [4.69, 9.17) is 5.26 Å². The lowest BCUT2D eigenvalue weighted by atomic mass is 10.0. The second-order valence-corrected chi connectivity index (χ2v) is 4.48. The van der Waals surface area contributed by atoms with Crippen LogP contribution in [0.1, 0.15) is 15.9 Å². The number of nitrogens with zero attached hydrogens (tertiary/aromatic N) is 2. The molecule has 2 rings (SSSR count). The van der Waals surface area contributed by atoms with Crippen LogP contribution in [0, 0.1) is 11.3 Å². The zero-order valence-corrected chi connectivity index (χ0v) is 10.7. The van der Waals surface area contributed by atoms with Gasteiger partial charge in [0.25, 0.3) is 0 Å². The number of aromatic carboxylic acids is 1. The molecular formula is C13H7BrN2O2. The molecule has 0 spiro atoms. The van der Waals surface area contributed by atoms with E-state index < -0.39 is 5.97 Å². The molecule has 0 fully saturated rings. The number of pyridine rings is 1. The Balaban J connectivity index is 2.63. The largest absolute Gasteiger partial charge is 0.478 e. The van der Waals surface area contributed by atoms with E-state index in [1.165, 1.54) is 18.5 Å².